The quantitative estimate of drug-likeness (QED) is 0.177. The topological polar surface area (TPSA) is 38.7 Å². The van der Waals surface area contributed by atoms with E-state index in [1.807, 2.05) is 36.4 Å². The molecule has 1 aromatic heterocycles. The minimum absolute atomic E-state index is 0.0467. The summed E-state index contributed by atoms with van der Waals surface area (Å²) < 4.78 is 0. The first kappa shape index (κ1) is 32.7. The summed E-state index contributed by atoms with van der Waals surface area (Å²) in [7, 11) is 0. The van der Waals surface area contributed by atoms with Crippen LogP contribution in [0.2, 0.25) is 0 Å². The molecule has 9 aromatic carbocycles. The molecule has 270 valence electrons. The van der Waals surface area contributed by atoms with Crippen molar-refractivity contribution in [2.75, 3.05) is 0 Å². The zero-order chi connectivity index (χ0) is 38.2. The first-order valence-electron chi connectivity index (χ1n) is 20.0. The highest BCUT2D eigenvalue weighted by Gasteiger charge is 2.37. The molecule has 0 aliphatic heterocycles. The molecule has 0 N–H and O–H groups in total. The Morgan fingerprint density at radius 3 is 1.60 bits per heavy atom. The van der Waals surface area contributed by atoms with Crippen molar-refractivity contribution in [1.82, 2.24) is 15.0 Å². The van der Waals surface area contributed by atoms with Crippen molar-refractivity contribution in [2.45, 2.75) is 11.8 Å². The lowest BCUT2D eigenvalue weighted by molar-refractivity contribution is 0.987. The first-order valence-corrected chi connectivity index (χ1v) is 20.0. The van der Waals surface area contributed by atoms with Gasteiger partial charge in [0.2, 0.25) is 0 Å². The summed E-state index contributed by atoms with van der Waals surface area (Å²) >= 11 is 0. The molecule has 3 heteroatoms. The molecule has 1 heterocycles. The molecule has 0 radical (unpaired) electrons. The Hall–Kier alpha value is -7.49. The Bertz CT molecular complexity index is 3170. The molecule has 3 nitrogen and oxygen atoms in total. The molecule has 12 rings (SSSR count). The molecule has 0 saturated heterocycles. The molecule has 58 heavy (non-hydrogen) atoms. The van der Waals surface area contributed by atoms with Crippen LogP contribution in [0.3, 0.4) is 0 Å². The molecule has 0 fully saturated rings. The Kier molecular flexibility index (Phi) is 7.36. The van der Waals surface area contributed by atoms with Crippen molar-refractivity contribution in [2.24, 2.45) is 0 Å². The summed E-state index contributed by atoms with van der Waals surface area (Å²) in [4.78, 5) is 15.3. The molecule has 2 aliphatic carbocycles. The number of aromatic nitrogens is 3. The van der Waals surface area contributed by atoms with E-state index < -0.39 is 0 Å². The van der Waals surface area contributed by atoms with Crippen molar-refractivity contribution < 1.29 is 0 Å². The van der Waals surface area contributed by atoms with Crippen molar-refractivity contribution in [3.8, 4) is 56.4 Å². The van der Waals surface area contributed by atoms with Gasteiger partial charge in [-0.05, 0) is 83.2 Å². The lowest BCUT2D eigenvalue weighted by atomic mass is 9.82. The third kappa shape index (κ3) is 5.03. The number of fused-ring (bicyclic) bond motifs is 9. The van der Waals surface area contributed by atoms with E-state index in [1.54, 1.807) is 0 Å². The maximum absolute atomic E-state index is 5.14. The highest BCUT2D eigenvalue weighted by atomic mass is 15.0. The summed E-state index contributed by atoms with van der Waals surface area (Å²) in [5, 5.41) is 4.91. The van der Waals surface area contributed by atoms with Crippen LogP contribution in [0.25, 0.3) is 78.0 Å². The maximum Gasteiger partial charge on any atom is 0.164 e. The van der Waals surface area contributed by atoms with Gasteiger partial charge in [-0.25, -0.2) is 15.0 Å². The molecule has 0 saturated carbocycles. The Morgan fingerprint density at radius 1 is 0.293 bits per heavy atom. The van der Waals surface area contributed by atoms with Crippen molar-refractivity contribution >= 4 is 21.5 Å². The van der Waals surface area contributed by atoms with Gasteiger partial charge in [-0.15, -0.1) is 0 Å². The molecular weight excluding hydrogens is 703 g/mol. The fourth-order valence-corrected chi connectivity index (χ4v) is 9.76. The third-order valence-corrected chi connectivity index (χ3v) is 12.3. The fourth-order valence-electron chi connectivity index (χ4n) is 9.76. The number of benzene rings is 9. The van der Waals surface area contributed by atoms with Crippen molar-refractivity contribution in [1.29, 1.82) is 0 Å². The van der Waals surface area contributed by atoms with Gasteiger partial charge < -0.3 is 0 Å². The van der Waals surface area contributed by atoms with Crippen molar-refractivity contribution in [3.05, 3.63) is 234 Å². The third-order valence-electron chi connectivity index (χ3n) is 12.3. The monoisotopic (exact) mass is 737 g/mol. The van der Waals surface area contributed by atoms with Crippen LogP contribution in [0.15, 0.2) is 200 Å². The zero-order valence-electron chi connectivity index (χ0n) is 31.5. The van der Waals surface area contributed by atoms with Crippen LogP contribution in [-0.2, 0) is 0 Å². The van der Waals surface area contributed by atoms with E-state index >= 15 is 0 Å². The van der Waals surface area contributed by atoms with Crippen LogP contribution >= 0.6 is 0 Å². The number of hydrogen-bond acceptors (Lipinski definition) is 3. The number of rotatable bonds is 5. The fraction of sp³-hybridized carbons (Fsp3) is 0.0364. The predicted octanol–water partition coefficient (Wildman–Crippen LogP) is 13.5. The average Bonchev–Trinajstić information content (AvgIpc) is 3.80. The molecule has 0 amide bonds. The van der Waals surface area contributed by atoms with Gasteiger partial charge in [-0.3, -0.25) is 0 Å². The summed E-state index contributed by atoms with van der Waals surface area (Å²) in [5.74, 6) is 2.17. The molecule has 2 atom stereocenters. The summed E-state index contributed by atoms with van der Waals surface area (Å²) in [6.45, 7) is 0. The van der Waals surface area contributed by atoms with Crippen molar-refractivity contribution in [3.63, 3.8) is 0 Å². The van der Waals surface area contributed by atoms with E-state index in [4.69, 9.17) is 15.0 Å². The van der Waals surface area contributed by atoms with Gasteiger partial charge in [-0.2, -0.15) is 0 Å². The minimum atomic E-state index is 0.0467. The second-order valence-corrected chi connectivity index (χ2v) is 15.4. The highest BCUT2D eigenvalue weighted by Crippen LogP contribution is 2.57. The predicted molar refractivity (Wildman–Crippen MR) is 237 cm³/mol. The first-order chi connectivity index (χ1) is 28.8. The van der Waals surface area contributed by atoms with Gasteiger partial charge in [0.05, 0.1) is 0 Å². The molecule has 2 unspecified atom stereocenters. The minimum Gasteiger partial charge on any atom is -0.208 e. The van der Waals surface area contributed by atoms with Gasteiger partial charge in [0.1, 0.15) is 0 Å². The van der Waals surface area contributed by atoms with E-state index in [1.165, 1.54) is 71.8 Å². The lowest BCUT2D eigenvalue weighted by Crippen LogP contribution is -2.04. The molecular formula is C55H35N3. The van der Waals surface area contributed by atoms with Gasteiger partial charge in [0.15, 0.2) is 17.5 Å². The van der Waals surface area contributed by atoms with Crippen LogP contribution in [0.5, 0.6) is 0 Å². The average molecular weight is 738 g/mol. The normalized spacial score (nSPS) is 14.9. The van der Waals surface area contributed by atoms with Crippen LogP contribution in [0.1, 0.15) is 45.2 Å². The molecule has 10 aromatic rings. The lowest BCUT2D eigenvalue weighted by Gasteiger charge is -2.20. The number of hydrogen-bond donors (Lipinski definition) is 0. The van der Waals surface area contributed by atoms with Crippen LogP contribution in [0.4, 0.5) is 0 Å². The van der Waals surface area contributed by atoms with Crippen LogP contribution < -0.4 is 0 Å². The van der Waals surface area contributed by atoms with E-state index in [0.29, 0.717) is 17.5 Å². The molecule has 0 bridgehead atoms. The highest BCUT2D eigenvalue weighted by molar-refractivity contribution is 6.04. The smallest absolute Gasteiger partial charge is 0.164 e. The Labute approximate surface area is 337 Å². The second kappa shape index (κ2) is 13.0. The van der Waals surface area contributed by atoms with Gasteiger partial charge in [0, 0.05) is 28.5 Å². The molecule has 0 spiro atoms. The summed E-state index contributed by atoms with van der Waals surface area (Å²) in [5.41, 5.74) is 16.3. The van der Waals surface area contributed by atoms with E-state index in [0.717, 1.165) is 22.1 Å². The standard InChI is InChI=1S/C55H35N3/c1-4-17-35(18-5-1)50-45-29-28-34-16-10-11-23-38(34)51(45)49-32-46-41-26-14-15-27-42(41)52(47(46)33-48(49)50)43-30-31-44(40-25-13-12-24-39(40)43)55-57-53(36-19-6-2-7-20-36)56-54(58-55)37-21-8-3-9-22-37/h1-33,50,52H. The summed E-state index contributed by atoms with van der Waals surface area (Å²) in [6.07, 6.45) is 0. The SMILES string of the molecule is c1ccc(-c2nc(-c3ccccc3)nc(-c3ccc(C4c5ccccc5-c5cc6c(cc54)C(c4ccccc4)c4ccc5ccccc5c4-6)c4ccccc34)n2)cc1. The zero-order valence-corrected chi connectivity index (χ0v) is 31.5. The van der Waals surface area contributed by atoms with E-state index in [9.17, 15) is 0 Å². The number of nitrogens with zero attached hydrogens (tertiary/aromatic N) is 3. The Balaban J connectivity index is 1.07. The van der Waals surface area contributed by atoms with Gasteiger partial charge >= 0.3 is 0 Å². The van der Waals surface area contributed by atoms with E-state index in [2.05, 4.69) is 164 Å². The second-order valence-electron chi connectivity index (χ2n) is 15.4. The Morgan fingerprint density at radius 2 is 0.862 bits per heavy atom. The largest absolute Gasteiger partial charge is 0.208 e. The van der Waals surface area contributed by atoms with Gasteiger partial charge in [-0.1, -0.05) is 194 Å². The maximum atomic E-state index is 5.14. The summed E-state index contributed by atoms with van der Waals surface area (Å²) in [6, 6.07) is 72.4. The van der Waals surface area contributed by atoms with Crippen LogP contribution in [-0.4, -0.2) is 15.0 Å². The van der Waals surface area contributed by atoms with Gasteiger partial charge in [0.25, 0.3) is 0 Å². The van der Waals surface area contributed by atoms with E-state index in [-0.39, 0.29) is 11.8 Å². The molecule has 2 aliphatic rings. The van der Waals surface area contributed by atoms with Crippen LogP contribution in [0, 0.1) is 0 Å².